The second kappa shape index (κ2) is 5.40. The third-order valence-corrected chi connectivity index (χ3v) is 2.94. The fourth-order valence-electron chi connectivity index (χ4n) is 1.36. The van der Waals surface area contributed by atoms with Crippen molar-refractivity contribution in [3.8, 4) is 11.5 Å². The number of thiophene rings is 1. The van der Waals surface area contributed by atoms with Gasteiger partial charge >= 0.3 is 5.97 Å². The van der Waals surface area contributed by atoms with Crippen molar-refractivity contribution in [2.24, 2.45) is 0 Å². The molecule has 1 heterocycles. The summed E-state index contributed by atoms with van der Waals surface area (Å²) in [7, 11) is 0. The van der Waals surface area contributed by atoms with Crippen LogP contribution in [0.1, 0.15) is 42.2 Å². The Labute approximate surface area is 105 Å². The molecule has 0 aliphatic heterocycles. The van der Waals surface area contributed by atoms with Crippen molar-refractivity contribution in [3.05, 3.63) is 9.75 Å². The zero-order chi connectivity index (χ0) is 13.2. The van der Waals surface area contributed by atoms with Gasteiger partial charge in [-0.3, -0.25) is 0 Å². The topological polar surface area (TPSA) is 55.8 Å². The van der Waals surface area contributed by atoms with E-state index in [2.05, 4.69) is 0 Å². The summed E-state index contributed by atoms with van der Waals surface area (Å²) in [6, 6.07) is 0. The molecule has 1 aromatic rings. The Balaban J connectivity index is 3.21. The number of hydrogen-bond donors (Lipinski definition) is 1. The largest absolute Gasteiger partial charge is 0.486 e. The molecule has 0 amide bonds. The van der Waals surface area contributed by atoms with E-state index < -0.39 is 5.97 Å². The van der Waals surface area contributed by atoms with Gasteiger partial charge in [0.25, 0.3) is 0 Å². The number of aromatic carboxylic acids is 1. The minimum atomic E-state index is -0.979. The number of carboxylic acid groups (broad SMARTS) is 1. The SMILES string of the molecule is Cc1sc(C(=O)O)c(OC(C)C)c1OC(C)C. The van der Waals surface area contributed by atoms with Crippen molar-refractivity contribution in [1.29, 1.82) is 0 Å². The van der Waals surface area contributed by atoms with Crippen LogP contribution in [0.25, 0.3) is 0 Å². The van der Waals surface area contributed by atoms with Crippen LogP contribution in [0.3, 0.4) is 0 Å². The average Bonchev–Trinajstić information content (AvgIpc) is 2.44. The van der Waals surface area contributed by atoms with Gasteiger partial charge in [-0.2, -0.15) is 0 Å². The van der Waals surface area contributed by atoms with E-state index in [1.54, 1.807) is 0 Å². The Hall–Kier alpha value is -1.23. The summed E-state index contributed by atoms with van der Waals surface area (Å²) in [4.78, 5) is 12.2. The Kier molecular flexibility index (Phi) is 4.40. The van der Waals surface area contributed by atoms with Crippen molar-refractivity contribution in [3.63, 3.8) is 0 Å². The maximum absolute atomic E-state index is 11.1. The predicted molar refractivity (Wildman–Crippen MR) is 67.5 cm³/mol. The molecule has 0 spiro atoms. The molecule has 1 rings (SSSR count). The van der Waals surface area contributed by atoms with Crippen LogP contribution in [-0.2, 0) is 0 Å². The smallest absolute Gasteiger partial charge is 0.349 e. The van der Waals surface area contributed by atoms with Crippen LogP contribution in [0.5, 0.6) is 11.5 Å². The quantitative estimate of drug-likeness (QED) is 0.880. The van der Waals surface area contributed by atoms with E-state index in [1.807, 2.05) is 34.6 Å². The highest BCUT2D eigenvalue weighted by molar-refractivity contribution is 7.14. The number of ether oxygens (including phenoxy) is 2. The molecule has 0 atom stereocenters. The number of aryl methyl sites for hydroxylation is 1. The predicted octanol–water partition coefficient (Wildman–Crippen LogP) is 3.33. The highest BCUT2D eigenvalue weighted by atomic mass is 32.1. The van der Waals surface area contributed by atoms with Crippen LogP contribution >= 0.6 is 11.3 Å². The standard InChI is InChI=1S/C12H18O4S/c1-6(2)15-9-8(5)17-11(12(13)14)10(9)16-7(3)4/h6-7H,1-5H3,(H,13,14). The van der Waals surface area contributed by atoms with Gasteiger partial charge in [0.15, 0.2) is 16.4 Å². The second-order valence-electron chi connectivity index (χ2n) is 4.28. The zero-order valence-corrected chi connectivity index (χ0v) is 11.6. The lowest BCUT2D eigenvalue weighted by atomic mass is 10.3. The molecule has 1 aromatic heterocycles. The Morgan fingerprint density at radius 1 is 1.12 bits per heavy atom. The molecular weight excluding hydrogens is 240 g/mol. The first kappa shape index (κ1) is 13.8. The highest BCUT2D eigenvalue weighted by Gasteiger charge is 2.24. The van der Waals surface area contributed by atoms with Gasteiger partial charge in [-0.1, -0.05) is 0 Å². The fourth-order valence-corrected chi connectivity index (χ4v) is 2.23. The minimum absolute atomic E-state index is 0.0144. The van der Waals surface area contributed by atoms with E-state index in [1.165, 1.54) is 11.3 Å². The lowest BCUT2D eigenvalue weighted by molar-refractivity contribution is 0.0695. The van der Waals surface area contributed by atoms with E-state index in [0.717, 1.165) is 4.88 Å². The van der Waals surface area contributed by atoms with Crippen LogP contribution < -0.4 is 9.47 Å². The number of hydrogen-bond acceptors (Lipinski definition) is 4. The van der Waals surface area contributed by atoms with E-state index in [-0.39, 0.29) is 17.1 Å². The molecular formula is C12H18O4S. The van der Waals surface area contributed by atoms with Crippen LogP contribution in [0.15, 0.2) is 0 Å². The van der Waals surface area contributed by atoms with E-state index in [4.69, 9.17) is 14.6 Å². The third kappa shape index (κ3) is 3.36. The summed E-state index contributed by atoms with van der Waals surface area (Å²) in [6.45, 7) is 9.35. The third-order valence-electron chi connectivity index (χ3n) is 1.89. The molecule has 4 nitrogen and oxygen atoms in total. The number of carboxylic acids is 1. The van der Waals surface area contributed by atoms with Crippen molar-refractivity contribution < 1.29 is 19.4 Å². The summed E-state index contributed by atoms with van der Waals surface area (Å²) in [5.74, 6) is -0.0767. The maximum atomic E-state index is 11.1. The van der Waals surface area contributed by atoms with Crippen LogP contribution in [0.2, 0.25) is 0 Å². The minimum Gasteiger partial charge on any atom is -0.486 e. The molecule has 96 valence electrons. The molecule has 17 heavy (non-hydrogen) atoms. The van der Waals surface area contributed by atoms with Gasteiger partial charge in [0.2, 0.25) is 0 Å². The maximum Gasteiger partial charge on any atom is 0.349 e. The van der Waals surface area contributed by atoms with Gasteiger partial charge in [-0.25, -0.2) is 4.79 Å². The molecule has 0 saturated heterocycles. The lowest BCUT2D eigenvalue weighted by Crippen LogP contribution is -2.11. The number of rotatable bonds is 5. The van der Waals surface area contributed by atoms with Crippen LogP contribution in [0.4, 0.5) is 0 Å². The van der Waals surface area contributed by atoms with Crippen LogP contribution in [-0.4, -0.2) is 23.3 Å². The summed E-state index contributed by atoms with van der Waals surface area (Å²) >= 11 is 1.18. The first-order valence-corrected chi connectivity index (χ1v) is 6.34. The zero-order valence-electron chi connectivity index (χ0n) is 10.7. The lowest BCUT2D eigenvalue weighted by Gasteiger charge is -2.15. The van der Waals surface area contributed by atoms with Crippen LogP contribution in [0, 0.1) is 6.92 Å². The Bertz CT molecular complexity index is 407. The fraction of sp³-hybridized carbons (Fsp3) is 0.583. The Morgan fingerprint density at radius 3 is 2.00 bits per heavy atom. The molecule has 0 aromatic carbocycles. The van der Waals surface area contributed by atoms with E-state index >= 15 is 0 Å². The molecule has 0 aliphatic rings. The van der Waals surface area contributed by atoms with Gasteiger partial charge < -0.3 is 14.6 Å². The monoisotopic (exact) mass is 258 g/mol. The van der Waals surface area contributed by atoms with Crippen molar-refractivity contribution in [2.45, 2.75) is 46.8 Å². The molecule has 1 N–H and O–H groups in total. The molecule has 0 radical (unpaired) electrons. The van der Waals surface area contributed by atoms with Crippen molar-refractivity contribution >= 4 is 17.3 Å². The summed E-state index contributed by atoms with van der Waals surface area (Å²) in [5.41, 5.74) is 0. The highest BCUT2D eigenvalue weighted by Crippen LogP contribution is 2.42. The normalized spacial score (nSPS) is 11.0. The summed E-state index contributed by atoms with van der Waals surface area (Å²) in [5, 5.41) is 9.13. The van der Waals surface area contributed by atoms with Gasteiger partial charge in [0, 0.05) is 4.88 Å². The second-order valence-corrected chi connectivity index (χ2v) is 5.51. The van der Waals surface area contributed by atoms with E-state index in [9.17, 15) is 4.79 Å². The van der Waals surface area contributed by atoms with Gasteiger partial charge in [-0.05, 0) is 34.6 Å². The van der Waals surface area contributed by atoms with Crippen molar-refractivity contribution in [2.75, 3.05) is 0 Å². The molecule has 0 unspecified atom stereocenters. The summed E-state index contributed by atoms with van der Waals surface area (Å²) < 4.78 is 11.2. The average molecular weight is 258 g/mol. The molecule has 0 saturated carbocycles. The Morgan fingerprint density at radius 2 is 1.59 bits per heavy atom. The van der Waals surface area contributed by atoms with Gasteiger partial charge in [-0.15, -0.1) is 11.3 Å². The molecule has 0 aliphatic carbocycles. The summed E-state index contributed by atoms with van der Waals surface area (Å²) in [6.07, 6.45) is -0.101. The molecule has 5 heteroatoms. The first-order valence-electron chi connectivity index (χ1n) is 5.53. The van der Waals surface area contributed by atoms with Gasteiger partial charge in [0.1, 0.15) is 0 Å². The van der Waals surface area contributed by atoms with E-state index in [0.29, 0.717) is 11.5 Å². The number of carbonyl (C=O) groups is 1. The molecule has 0 fully saturated rings. The molecule has 0 bridgehead atoms. The van der Waals surface area contributed by atoms with Gasteiger partial charge in [0.05, 0.1) is 12.2 Å². The first-order chi connectivity index (χ1) is 7.82. The van der Waals surface area contributed by atoms with Crippen molar-refractivity contribution in [1.82, 2.24) is 0 Å².